The summed E-state index contributed by atoms with van der Waals surface area (Å²) < 4.78 is 5.94. The molecule has 2 atom stereocenters. The Balaban J connectivity index is 1.84. The Morgan fingerprint density at radius 3 is 2.89 bits per heavy atom. The Morgan fingerprint density at radius 1 is 1.28 bits per heavy atom. The van der Waals surface area contributed by atoms with E-state index in [-0.39, 0.29) is 12.1 Å². The van der Waals surface area contributed by atoms with Gasteiger partial charge < -0.3 is 4.74 Å². The number of nitrogens with zero attached hydrogens (tertiary/aromatic N) is 1. The van der Waals surface area contributed by atoms with E-state index in [1.54, 1.807) is 6.20 Å². The summed E-state index contributed by atoms with van der Waals surface area (Å²) in [6, 6.07) is 11.9. The minimum atomic E-state index is -0.0499. The lowest BCUT2D eigenvalue weighted by Gasteiger charge is -2.22. The average molecular weight is 241 g/mol. The van der Waals surface area contributed by atoms with Gasteiger partial charge in [-0.05, 0) is 23.3 Å². The smallest absolute Gasteiger partial charge is 0.124 e. The van der Waals surface area contributed by atoms with Crippen molar-refractivity contribution in [2.45, 2.75) is 18.6 Å². The van der Waals surface area contributed by atoms with E-state index < -0.39 is 0 Å². The fourth-order valence-electron chi connectivity index (χ4n) is 2.37. The molecule has 92 valence electrons. The summed E-state index contributed by atoms with van der Waals surface area (Å²) in [5.41, 5.74) is 5.10. The quantitative estimate of drug-likeness (QED) is 0.633. The molecule has 2 aromatic rings. The predicted molar refractivity (Wildman–Crippen MR) is 68.9 cm³/mol. The molecular weight excluding hydrogens is 226 g/mol. The third kappa shape index (κ3) is 1.96. The van der Waals surface area contributed by atoms with Gasteiger partial charge in [-0.25, -0.2) is 5.43 Å². The molecule has 0 saturated heterocycles. The standard InChI is InChI=1S/C14H15N3O/c15-17-14(11-5-3-7-16-9-11)13-8-10-4-1-2-6-12(10)18-13/h1-7,9,13-14,17H,8,15H2. The summed E-state index contributed by atoms with van der Waals surface area (Å²) >= 11 is 0. The van der Waals surface area contributed by atoms with Crippen LogP contribution >= 0.6 is 0 Å². The Kier molecular flexibility index (Phi) is 2.96. The van der Waals surface area contributed by atoms with E-state index in [4.69, 9.17) is 10.6 Å². The highest BCUT2D eigenvalue weighted by Gasteiger charge is 2.30. The SMILES string of the molecule is NNC(c1cccnc1)C1Cc2ccccc2O1. The van der Waals surface area contributed by atoms with Crippen molar-refractivity contribution in [2.75, 3.05) is 0 Å². The van der Waals surface area contributed by atoms with Gasteiger partial charge in [-0.1, -0.05) is 24.3 Å². The minimum absolute atomic E-state index is 0.0107. The highest BCUT2D eigenvalue weighted by Crippen LogP contribution is 2.33. The van der Waals surface area contributed by atoms with Crippen LogP contribution in [-0.2, 0) is 6.42 Å². The van der Waals surface area contributed by atoms with Gasteiger partial charge in [0, 0.05) is 18.8 Å². The van der Waals surface area contributed by atoms with Gasteiger partial charge in [0.1, 0.15) is 11.9 Å². The molecule has 0 amide bonds. The van der Waals surface area contributed by atoms with Crippen molar-refractivity contribution < 1.29 is 4.74 Å². The second-order valence-electron chi connectivity index (χ2n) is 4.40. The number of pyridine rings is 1. The van der Waals surface area contributed by atoms with Gasteiger partial charge in [-0.2, -0.15) is 0 Å². The molecule has 1 aliphatic rings. The zero-order chi connectivity index (χ0) is 12.4. The van der Waals surface area contributed by atoms with E-state index in [0.717, 1.165) is 17.7 Å². The van der Waals surface area contributed by atoms with Crippen molar-refractivity contribution in [2.24, 2.45) is 5.84 Å². The number of nitrogens with two attached hydrogens (primary N) is 1. The van der Waals surface area contributed by atoms with Crippen LogP contribution in [0.4, 0.5) is 0 Å². The molecule has 0 saturated carbocycles. The summed E-state index contributed by atoms with van der Waals surface area (Å²) in [5, 5.41) is 0. The molecule has 1 aromatic carbocycles. The van der Waals surface area contributed by atoms with Crippen molar-refractivity contribution in [1.82, 2.24) is 10.4 Å². The van der Waals surface area contributed by atoms with Crippen molar-refractivity contribution in [3.8, 4) is 5.75 Å². The lowest BCUT2D eigenvalue weighted by atomic mass is 10.00. The van der Waals surface area contributed by atoms with Crippen LogP contribution in [0.5, 0.6) is 5.75 Å². The molecule has 3 rings (SSSR count). The summed E-state index contributed by atoms with van der Waals surface area (Å²) in [5.74, 6) is 6.61. The highest BCUT2D eigenvalue weighted by atomic mass is 16.5. The molecule has 0 aliphatic carbocycles. The first-order valence-electron chi connectivity index (χ1n) is 5.99. The topological polar surface area (TPSA) is 60.2 Å². The average Bonchev–Trinajstić information content (AvgIpc) is 2.84. The molecule has 1 aromatic heterocycles. The van der Waals surface area contributed by atoms with Gasteiger partial charge in [0.05, 0.1) is 6.04 Å². The van der Waals surface area contributed by atoms with Gasteiger partial charge in [0.15, 0.2) is 0 Å². The molecule has 0 spiro atoms. The van der Waals surface area contributed by atoms with Crippen molar-refractivity contribution in [1.29, 1.82) is 0 Å². The monoisotopic (exact) mass is 241 g/mol. The van der Waals surface area contributed by atoms with E-state index in [1.807, 2.05) is 36.5 Å². The number of hydrazine groups is 1. The van der Waals surface area contributed by atoms with Crippen molar-refractivity contribution >= 4 is 0 Å². The maximum Gasteiger partial charge on any atom is 0.124 e. The van der Waals surface area contributed by atoms with Crippen LogP contribution in [0.1, 0.15) is 17.2 Å². The van der Waals surface area contributed by atoms with E-state index in [9.17, 15) is 0 Å². The number of hydrogen-bond acceptors (Lipinski definition) is 4. The first-order chi connectivity index (χ1) is 8.88. The van der Waals surface area contributed by atoms with Crippen molar-refractivity contribution in [3.63, 3.8) is 0 Å². The van der Waals surface area contributed by atoms with Crippen LogP contribution in [0, 0.1) is 0 Å². The van der Waals surface area contributed by atoms with Gasteiger partial charge in [-0.15, -0.1) is 0 Å². The second-order valence-corrected chi connectivity index (χ2v) is 4.40. The summed E-state index contributed by atoms with van der Waals surface area (Å²) in [6.45, 7) is 0. The van der Waals surface area contributed by atoms with E-state index in [0.29, 0.717) is 0 Å². The van der Waals surface area contributed by atoms with Crippen LogP contribution in [0.2, 0.25) is 0 Å². The second kappa shape index (κ2) is 4.76. The number of rotatable bonds is 3. The molecule has 4 heteroatoms. The normalized spacial score (nSPS) is 19.1. The molecule has 0 fully saturated rings. The molecule has 2 heterocycles. The van der Waals surface area contributed by atoms with Gasteiger partial charge in [0.25, 0.3) is 0 Å². The fourth-order valence-corrected chi connectivity index (χ4v) is 2.37. The molecular formula is C14H15N3O. The van der Waals surface area contributed by atoms with Crippen LogP contribution in [-0.4, -0.2) is 11.1 Å². The number of nitrogens with one attached hydrogen (secondary N) is 1. The molecule has 4 nitrogen and oxygen atoms in total. The molecule has 1 aliphatic heterocycles. The van der Waals surface area contributed by atoms with E-state index in [1.165, 1.54) is 5.56 Å². The van der Waals surface area contributed by atoms with Crippen LogP contribution in [0.15, 0.2) is 48.8 Å². The Labute approximate surface area is 106 Å². The highest BCUT2D eigenvalue weighted by molar-refractivity contribution is 5.38. The number of para-hydroxylation sites is 1. The maximum atomic E-state index is 5.94. The van der Waals surface area contributed by atoms with Gasteiger partial charge in [-0.3, -0.25) is 10.8 Å². The van der Waals surface area contributed by atoms with Gasteiger partial charge >= 0.3 is 0 Å². The predicted octanol–water partition coefficient (Wildman–Crippen LogP) is 1.59. The fraction of sp³-hybridized carbons (Fsp3) is 0.214. The molecule has 2 unspecified atom stereocenters. The summed E-state index contributed by atoms with van der Waals surface area (Å²) in [7, 11) is 0. The summed E-state index contributed by atoms with van der Waals surface area (Å²) in [6.07, 6.45) is 4.44. The minimum Gasteiger partial charge on any atom is -0.488 e. The van der Waals surface area contributed by atoms with Crippen LogP contribution in [0.25, 0.3) is 0 Å². The van der Waals surface area contributed by atoms with Gasteiger partial charge in [0.2, 0.25) is 0 Å². The first-order valence-corrected chi connectivity index (χ1v) is 5.99. The first kappa shape index (κ1) is 11.2. The Hall–Kier alpha value is -1.91. The Morgan fingerprint density at radius 2 is 2.17 bits per heavy atom. The largest absolute Gasteiger partial charge is 0.488 e. The van der Waals surface area contributed by atoms with Crippen LogP contribution in [0.3, 0.4) is 0 Å². The maximum absolute atomic E-state index is 5.94. The number of benzene rings is 1. The third-order valence-electron chi connectivity index (χ3n) is 3.27. The molecule has 0 bridgehead atoms. The third-order valence-corrected chi connectivity index (χ3v) is 3.27. The molecule has 0 radical (unpaired) electrons. The van der Waals surface area contributed by atoms with E-state index >= 15 is 0 Å². The zero-order valence-electron chi connectivity index (χ0n) is 9.91. The van der Waals surface area contributed by atoms with Crippen molar-refractivity contribution in [3.05, 3.63) is 59.9 Å². The summed E-state index contributed by atoms with van der Waals surface area (Å²) in [4.78, 5) is 4.12. The number of ether oxygens (including phenoxy) is 1. The van der Waals surface area contributed by atoms with Crippen LogP contribution < -0.4 is 16.0 Å². The zero-order valence-corrected chi connectivity index (χ0v) is 9.91. The van der Waals surface area contributed by atoms with E-state index in [2.05, 4.69) is 16.5 Å². The Bertz CT molecular complexity index is 505. The lowest BCUT2D eigenvalue weighted by molar-refractivity contribution is 0.179. The number of hydrogen-bond donors (Lipinski definition) is 2. The molecule has 3 N–H and O–H groups in total. The number of fused-ring (bicyclic) bond motifs is 1. The molecule has 18 heavy (non-hydrogen) atoms. The number of aromatic nitrogens is 1. The lowest BCUT2D eigenvalue weighted by Crippen LogP contribution is -2.38.